The number of nitro benzene ring substituents is 1. The van der Waals surface area contributed by atoms with Gasteiger partial charge in [-0.15, -0.1) is 0 Å². The summed E-state index contributed by atoms with van der Waals surface area (Å²) in [6.07, 6.45) is 0.964. The number of benzene rings is 2. The van der Waals surface area contributed by atoms with Crippen LogP contribution in [0.1, 0.15) is 29.0 Å². The Kier molecular flexibility index (Phi) is 7.39. The molecule has 2 N–H and O–H groups in total. The highest BCUT2D eigenvalue weighted by molar-refractivity contribution is 7.89. The summed E-state index contributed by atoms with van der Waals surface area (Å²) in [5, 5.41) is 17.4. The van der Waals surface area contributed by atoms with Crippen molar-refractivity contribution in [3.63, 3.8) is 0 Å². The monoisotopic (exact) mass is 518 g/mol. The molecule has 2 aromatic carbocycles. The van der Waals surface area contributed by atoms with Gasteiger partial charge in [0.1, 0.15) is 11.4 Å². The minimum Gasteiger partial charge on any atom is -0.446 e. The molecule has 1 saturated heterocycles. The van der Waals surface area contributed by atoms with Crippen LogP contribution in [0.3, 0.4) is 0 Å². The van der Waals surface area contributed by atoms with Crippen molar-refractivity contribution in [3.8, 4) is 0 Å². The topological polar surface area (TPSA) is 135 Å². The predicted octanol–water partition coefficient (Wildman–Crippen LogP) is 4.04. The molecule has 4 rings (SSSR count). The molecule has 0 bridgehead atoms. The van der Waals surface area contributed by atoms with Crippen LogP contribution in [0, 0.1) is 10.1 Å². The van der Waals surface area contributed by atoms with Crippen molar-refractivity contribution in [2.75, 3.05) is 18.4 Å². The summed E-state index contributed by atoms with van der Waals surface area (Å²) in [6, 6.07) is 15.5. The molecule has 184 valence electrons. The molecule has 1 aliphatic heterocycles. The molecule has 2 heterocycles. The molecule has 0 spiro atoms. The van der Waals surface area contributed by atoms with Gasteiger partial charge in [-0.3, -0.25) is 14.9 Å². The van der Waals surface area contributed by atoms with Crippen LogP contribution in [0.25, 0.3) is 0 Å². The molecular weight excluding hydrogens is 496 g/mol. The van der Waals surface area contributed by atoms with E-state index in [1.807, 2.05) is 0 Å². The number of halogens is 1. The highest BCUT2D eigenvalue weighted by Gasteiger charge is 2.32. The molecule has 1 aliphatic rings. The van der Waals surface area contributed by atoms with E-state index in [2.05, 4.69) is 10.6 Å². The van der Waals surface area contributed by atoms with E-state index < -0.39 is 14.9 Å². The number of nitrogens with one attached hydrogen (secondary N) is 2. The van der Waals surface area contributed by atoms with Gasteiger partial charge in [0.25, 0.3) is 21.6 Å². The molecule has 10 nitrogen and oxygen atoms in total. The number of carbonyl (C=O) groups excluding carboxylic acids is 1. The fourth-order valence-electron chi connectivity index (χ4n) is 3.81. The Labute approximate surface area is 207 Å². The molecular formula is C23H23ClN4O6S. The molecule has 3 aromatic rings. The first-order chi connectivity index (χ1) is 16.7. The van der Waals surface area contributed by atoms with E-state index in [0.29, 0.717) is 34.9 Å². The third-order valence-corrected chi connectivity index (χ3v) is 7.70. The number of rotatable bonds is 8. The fraction of sp³-hybridized carbons (Fsp3) is 0.261. The number of furan rings is 1. The van der Waals surface area contributed by atoms with Gasteiger partial charge < -0.3 is 15.1 Å². The summed E-state index contributed by atoms with van der Waals surface area (Å²) >= 11 is 5.83. The molecule has 1 amide bonds. The number of nitrogens with zero attached hydrogens (tertiary/aromatic N) is 2. The predicted molar refractivity (Wildman–Crippen MR) is 130 cm³/mol. The van der Waals surface area contributed by atoms with E-state index in [1.54, 1.807) is 42.5 Å². The lowest BCUT2D eigenvalue weighted by molar-refractivity contribution is -0.384. The van der Waals surface area contributed by atoms with E-state index in [-0.39, 0.29) is 42.4 Å². The molecule has 0 saturated carbocycles. The number of piperidine rings is 1. The first-order valence-electron chi connectivity index (χ1n) is 10.9. The van der Waals surface area contributed by atoms with E-state index in [4.69, 9.17) is 16.0 Å². The molecule has 1 fully saturated rings. The lowest BCUT2D eigenvalue weighted by Gasteiger charge is -2.31. The summed E-state index contributed by atoms with van der Waals surface area (Å²) in [7, 11) is -3.85. The third kappa shape index (κ3) is 5.81. The van der Waals surface area contributed by atoms with Gasteiger partial charge in [0.05, 0.1) is 11.5 Å². The quantitative estimate of drug-likeness (QED) is 0.339. The number of sulfonamides is 1. The second-order valence-corrected chi connectivity index (χ2v) is 10.3. The standard InChI is InChI=1S/C23H23ClN4O6S/c24-17-7-5-16(6-8-17)23(29)25-15-19-9-10-22(34-19)35(32,33)27-13-11-18(12-14-27)26-20-3-1-2-4-21(20)28(30)31/h1-10,18,26H,11-15H2,(H,25,29). The van der Waals surface area contributed by atoms with Crippen molar-refractivity contribution in [1.82, 2.24) is 9.62 Å². The van der Waals surface area contributed by atoms with Gasteiger partial charge in [0.15, 0.2) is 0 Å². The van der Waals surface area contributed by atoms with Crippen molar-refractivity contribution in [1.29, 1.82) is 0 Å². The Bertz CT molecular complexity index is 1320. The first-order valence-corrected chi connectivity index (χ1v) is 12.7. The molecule has 0 aliphatic carbocycles. The van der Waals surface area contributed by atoms with Crippen molar-refractivity contribution in [3.05, 3.63) is 87.1 Å². The number of nitro groups is 1. The van der Waals surface area contributed by atoms with Crippen LogP contribution < -0.4 is 10.6 Å². The number of hydrogen-bond donors (Lipinski definition) is 2. The van der Waals surface area contributed by atoms with E-state index in [1.165, 1.54) is 22.5 Å². The largest absolute Gasteiger partial charge is 0.446 e. The number of hydrogen-bond acceptors (Lipinski definition) is 7. The van der Waals surface area contributed by atoms with E-state index >= 15 is 0 Å². The van der Waals surface area contributed by atoms with Crippen LogP contribution in [-0.2, 0) is 16.6 Å². The Balaban J connectivity index is 1.33. The molecule has 0 radical (unpaired) electrons. The summed E-state index contributed by atoms with van der Waals surface area (Å²) < 4.78 is 32.9. The zero-order valence-corrected chi connectivity index (χ0v) is 20.1. The van der Waals surface area contributed by atoms with Crippen LogP contribution in [0.5, 0.6) is 0 Å². The van der Waals surface area contributed by atoms with Gasteiger partial charge in [0, 0.05) is 35.8 Å². The molecule has 0 unspecified atom stereocenters. The van der Waals surface area contributed by atoms with Crippen molar-refractivity contribution < 1.29 is 22.6 Å². The maximum atomic E-state index is 13.0. The second kappa shape index (κ2) is 10.5. The summed E-state index contributed by atoms with van der Waals surface area (Å²) in [6.45, 7) is 0.507. The molecule has 1 aromatic heterocycles. The van der Waals surface area contributed by atoms with Crippen LogP contribution in [-0.4, -0.2) is 42.7 Å². The normalized spacial score (nSPS) is 15.0. The Morgan fingerprint density at radius 2 is 1.77 bits per heavy atom. The SMILES string of the molecule is O=C(NCc1ccc(S(=O)(=O)N2CCC(Nc3ccccc3[N+](=O)[O-])CC2)o1)c1ccc(Cl)cc1. The van der Waals surface area contributed by atoms with Gasteiger partial charge >= 0.3 is 0 Å². The number of anilines is 1. The Morgan fingerprint density at radius 1 is 1.09 bits per heavy atom. The number of para-hydroxylation sites is 2. The van der Waals surface area contributed by atoms with Crippen molar-refractivity contribution in [2.45, 2.75) is 30.5 Å². The first kappa shape index (κ1) is 24.7. The molecule has 0 atom stereocenters. The zero-order valence-electron chi connectivity index (χ0n) is 18.5. The minimum absolute atomic E-state index is 0.0196. The lowest BCUT2D eigenvalue weighted by atomic mass is 10.1. The summed E-state index contributed by atoms with van der Waals surface area (Å²) in [5.74, 6) is -0.0328. The minimum atomic E-state index is -3.85. The van der Waals surface area contributed by atoms with Gasteiger partial charge in [-0.05, 0) is 55.3 Å². The number of carbonyl (C=O) groups is 1. The second-order valence-electron chi connectivity index (χ2n) is 8.01. The van der Waals surface area contributed by atoms with E-state index in [9.17, 15) is 23.3 Å². The average molecular weight is 519 g/mol. The van der Waals surface area contributed by atoms with Gasteiger partial charge in [0.2, 0.25) is 5.09 Å². The van der Waals surface area contributed by atoms with Crippen molar-refractivity contribution >= 4 is 38.9 Å². The average Bonchev–Trinajstić information content (AvgIpc) is 3.34. The fourth-order valence-corrected chi connectivity index (χ4v) is 5.33. The van der Waals surface area contributed by atoms with Crippen LogP contribution >= 0.6 is 11.6 Å². The summed E-state index contributed by atoms with van der Waals surface area (Å²) in [4.78, 5) is 23.0. The smallest absolute Gasteiger partial charge is 0.292 e. The van der Waals surface area contributed by atoms with Crippen LogP contribution in [0.15, 0.2) is 70.2 Å². The Hall–Kier alpha value is -3.41. The van der Waals surface area contributed by atoms with Crippen molar-refractivity contribution in [2.24, 2.45) is 0 Å². The van der Waals surface area contributed by atoms with Crippen LogP contribution in [0.2, 0.25) is 5.02 Å². The van der Waals surface area contributed by atoms with Gasteiger partial charge in [-0.1, -0.05) is 23.7 Å². The van der Waals surface area contributed by atoms with Gasteiger partial charge in [-0.2, -0.15) is 4.31 Å². The van der Waals surface area contributed by atoms with Crippen LogP contribution in [0.4, 0.5) is 11.4 Å². The molecule has 12 heteroatoms. The number of amides is 1. The highest BCUT2D eigenvalue weighted by atomic mass is 35.5. The highest BCUT2D eigenvalue weighted by Crippen LogP contribution is 2.28. The zero-order chi connectivity index (χ0) is 25.0. The molecule has 35 heavy (non-hydrogen) atoms. The maximum absolute atomic E-state index is 13.0. The third-order valence-electron chi connectivity index (χ3n) is 5.68. The Morgan fingerprint density at radius 3 is 2.46 bits per heavy atom. The van der Waals surface area contributed by atoms with E-state index in [0.717, 1.165) is 0 Å². The maximum Gasteiger partial charge on any atom is 0.292 e. The lowest BCUT2D eigenvalue weighted by Crippen LogP contribution is -2.42. The summed E-state index contributed by atoms with van der Waals surface area (Å²) in [5.41, 5.74) is 0.815. The van der Waals surface area contributed by atoms with Gasteiger partial charge in [-0.25, -0.2) is 8.42 Å².